The van der Waals surface area contributed by atoms with Gasteiger partial charge >= 0.3 is 0 Å². The molecule has 0 bridgehead atoms. The van der Waals surface area contributed by atoms with Crippen LogP contribution in [0.15, 0.2) is 12.4 Å². The fourth-order valence-corrected chi connectivity index (χ4v) is 2.06. The summed E-state index contributed by atoms with van der Waals surface area (Å²) in [6, 6.07) is -0.176. The first-order chi connectivity index (χ1) is 9.70. The van der Waals surface area contributed by atoms with Gasteiger partial charge < -0.3 is 30.2 Å². The molecule has 0 unspecified atom stereocenters. The van der Waals surface area contributed by atoms with Gasteiger partial charge in [-0.2, -0.15) is 0 Å². The van der Waals surface area contributed by atoms with E-state index in [0.29, 0.717) is 13.2 Å². The predicted octanol–water partition coefficient (Wildman–Crippen LogP) is -1.61. The van der Waals surface area contributed by atoms with Gasteiger partial charge in [-0.05, 0) is 0 Å². The van der Waals surface area contributed by atoms with Gasteiger partial charge in [0.25, 0.3) is 0 Å². The minimum absolute atomic E-state index is 0.00296. The third-order valence-electron chi connectivity index (χ3n) is 3.15. The molecule has 8 nitrogen and oxygen atoms in total. The minimum atomic E-state index is -0.673. The monoisotopic (exact) mass is 284 g/mol. The van der Waals surface area contributed by atoms with Gasteiger partial charge in [0, 0.05) is 26.0 Å². The van der Waals surface area contributed by atoms with Crippen LogP contribution in [0.1, 0.15) is 5.82 Å². The second-order valence-corrected chi connectivity index (χ2v) is 4.62. The standard InChI is InChI=1S/C12H20N4O4/c1-19-7-11(17)16-4-9-12(18)8(6-20-9)15-5-10-13-2-3-14-10/h2-3,8-9,12,15,18H,4-7H2,1H3,(H,13,14)(H,16,17)/t8-,9-,12+/m1/s1. The summed E-state index contributed by atoms with van der Waals surface area (Å²) in [6.07, 6.45) is 2.33. The number of aliphatic hydroxyl groups is 1. The number of aromatic amines is 1. The molecule has 0 aliphatic carbocycles. The van der Waals surface area contributed by atoms with Crippen LogP contribution >= 0.6 is 0 Å². The summed E-state index contributed by atoms with van der Waals surface area (Å²) in [5.41, 5.74) is 0. The minimum Gasteiger partial charge on any atom is -0.389 e. The number of ether oxygens (including phenoxy) is 2. The Hall–Kier alpha value is -1.48. The van der Waals surface area contributed by atoms with E-state index in [0.717, 1.165) is 5.82 Å². The number of aromatic nitrogens is 2. The molecule has 2 heterocycles. The van der Waals surface area contributed by atoms with Gasteiger partial charge in [0.05, 0.1) is 25.3 Å². The SMILES string of the molecule is COCC(=O)NC[C@H]1OC[C@@H](NCc2ncc[nH]2)[C@@H]1O. The Morgan fingerprint density at radius 1 is 1.70 bits per heavy atom. The number of nitrogens with zero attached hydrogens (tertiary/aromatic N) is 1. The number of nitrogens with one attached hydrogen (secondary N) is 3. The van der Waals surface area contributed by atoms with E-state index in [1.54, 1.807) is 12.4 Å². The second-order valence-electron chi connectivity index (χ2n) is 4.62. The molecule has 0 saturated carbocycles. The first-order valence-electron chi connectivity index (χ1n) is 6.47. The van der Waals surface area contributed by atoms with Crippen molar-refractivity contribution in [2.45, 2.75) is 24.8 Å². The predicted molar refractivity (Wildman–Crippen MR) is 69.8 cm³/mol. The number of carbonyl (C=O) groups is 1. The summed E-state index contributed by atoms with van der Waals surface area (Å²) in [4.78, 5) is 18.3. The molecule has 8 heteroatoms. The van der Waals surface area contributed by atoms with Crippen molar-refractivity contribution in [3.05, 3.63) is 18.2 Å². The Morgan fingerprint density at radius 3 is 3.25 bits per heavy atom. The number of aliphatic hydroxyl groups excluding tert-OH is 1. The maximum atomic E-state index is 11.3. The highest BCUT2D eigenvalue weighted by molar-refractivity contribution is 5.77. The molecule has 2 rings (SSSR count). The molecule has 0 radical (unpaired) electrons. The Morgan fingerprint density at radius 2 is 2.55 bits per heavy atom. The molecule has 0 aromatic carbocycles. The third kappa shape index (κ3) is 4.01. The number of rotatable bonds is 7. The van der Waals surface area contributed by atoms with Crippen LogP contribution in [0, 0.1) is 0 Å². The average Bonchev–Trinajstić information content (AvgIpc) is 3.05. The molecule has 0 spiro atoms. The zero-order valence-electron chi connectivity index (χ0n) is 11.3. The summed E-state index contributed by atoms with van der Waals surface area (Å²) in [6.45, 7) is 1.19. The fourth-order valence-electron chi connectivity index (χ4n) is 2.06. The molecule has 20 heavy (non-hydrogen) atoms. The van der Waals surface area contributed by atoms with Gasteiger partial charge in [0.15, 0.2) is 0 Å². The van der Waals surface area contributed by atoms with Crippen LogP contribution in [0.25, 0.3) is 0 Å². The van der Waals surface area contributed by atoms with E-state index in [1.807, 2.05) is 0 Å². The van der Waals surface area contributed by atoms with Crippen LogP contribution in [0.2, 0.25) is 0 Å². The summed E-state index contributed by atoms with van der Waals surface area (Å²) in [5.74, 6) is 0.573. The molecule has 112 valence electrons. The summed E-state index contributed by atoms with van der Waals surface area (Å²) in [5, 5.41) is 15.9. The average molecular weight is 284 g/mol. The van der Waals surface area contributed by atoms with E-state index in [-0.39, 0.29) is 25.1 Å². The molecule has 4 N–H and O–H groups in total. The molecular weight excluding hydrogens is 264 g/mol. The molecule has 1 saturated heterocycles. The molecule has 1 aromatic rings. The van der Waals surface area contributed by atoms with Gasteiger partial charge in [-0.1, -0.05) is 0 Å². The summed E-state index contributed by atoms with van der Waals surface area (Å²) < 4.78 is 10.2. The highest BCUT2D eigenvalue weighted by Crippen LogP contribution is 2.14. The van der Waals surface area contributed by atoms with E-state index in [4.69, 9.17) is 9.47 Å². The Labute approximate surface area is 116 Å². The third-order valence-corrected chi connectivity index (χ3v) is 3.15. The number of methoxy groups -OCH3 is 1. The first-order valence-corrected chi connectivity index (χ1v) is 6.47. The van der Waals surface area contributed by atoms with Crippen molar-refractivity contribution in [1.29, 1.82) is 0 Å². The van der Waals surface area contributed by atoms with Crippen LogP contribution in [-0.2, 0) is 20.8 Å². The highest BCUT2D eigenvalue weighted by Gasteiger charge is 2.35. The normalized spacial score (nSPS) is 25.8. The second kappa shape index (κ2) is 7.34. The van der Waals surface area contributed by atoms with Crippen LogP contribution in [0.4, 0.5) is 0 Å². The van der Waals surface area contributed by atoms with Crippen molar-refractivity contribution in [2.24, 2.45) is 0 Å². The lowest BCUT2D eigenvalue weighted by Gasteiger charge is -2.18. The Bertz CT molecular complexity index is 412. The maximum absolute atomic E-state index is 11.3. The van der Waals surface area contributed by atoms with Crippen molar-refractivity contribution in [1.82, 2.24) is 20.6 Å². The van der Waals surface area contributed by atoms with Gasteiger partial charge in [-0.15, -0.1) is 0 Å². The van der Waals surface area contributed by atoms with Crippen LogP contribution in [0.5, 0.6) is 0 Å². The number of carbonyl (C=O) groups excluding carboxylic acids is 1. The lowest BCUT2D eigenvalue weighted by Crippen LogP contribution is -2.45. The summed E-state index contributed by atoms with van der Waals surface area (Å²) in [7, 11) is 1.45. The van der Waals surface area contributed by atoms with E-state index in [2.05, 4.69) is 20.6 Å². The van der Waals surface area contributed by atoms with E-state index in [9.17, 15) is 9.90 Å². The maximum Gasteiger partial charge on any atom is 0.246 e. The number of imidazole rings is 1. The molecule has 1 amide bonds. The van der Waals surface area contributed by atoms with Crippen molar-refractivity contribution in [3.63, 3.8) is 0 Å². The lowest BCUT2D eigenvalue weighted by molar-refractivity contribution is -0.125. The topological polar surface area (TPSA) is 109 Å². The van der Waals surface area contributed by atoms with E-state index in [1.165, 1.54) is 7.11 Å². The fraction of sp³-hybridized carbons (Fsp3) is 0.667. The van der Waals surface area contributed by atoms with Crippen LogP contribution < -0.4 is 10.6 Å². The number of H-pyrrole nitrogens is 1. The van der Waals surface area contributed by atoms with Crippen molar-refractivity contribution < 1.29 is 19.4 Å². The largest absolute Gasteiger partial charge is 0.389 e. The van der Waals surface area contributed by atoms with Crippen LogP contribution in [-0.4, -0.2) is 66.1 Å². The molecular formula is C12H20N4O4. The van der Waals surface area contributed by atoms with Gasteiger partial charge in [0.1, 0.15) is 18.5 Å². The molecule has 1 aliphatic rings. The first kappa shape index (κ1) is 14.9. The molecule has 1 fully saturated rings. The van der Waals surface area contributed by atoms with Crippen molar-refractivity contribution >= 4 is 5.91 Å². The van der Waals surface area contributed by atoms with Crippen LogP contribution in [0.3, 0.4) is 0 Å². The Balaban J connectivity index is 1.71. The smallest absolute Gasteiger partial charge is 0.246 e. The molecule has 1 aliphatic heterocycles. The lowest BCUT2D eigenvalue weighted by atomic mass is 10.1. The Kier molecular flexibility index (Phi) is 5.48. The number of amides is 1. The quantitative estimate of drug-likeness (QED) is 0.480. The molecule has 1 aromatic heterocycles. The van der Waals surface area contributed by atoms with Gasteiger partial charge in [-0.3, -0.25) is 4.79 Å². The van der Waals surface area contributed by atoms with Crippen molar-refractivity contribution in [2.75, 3.05) is 26.9 Å². The summed E-state index contributed by atoms with van der Waals surface area (Å²) >= 11 is 0. The zero-order valence-corrected chi connectivity index (χ0v) is 11.3. The van der Waals surface area contributed by atoms with Crippen molar-refractivity contribution in [3.8, 4) is 0 Å². The van der Waals surface area contributed by atoms with Gasteiger partial charge in [-0.25, -0.2) is 4.98 Å². The molecule has 3 atom stereocenters. The van der Waals surface area contributed by atoms with E-state index >= 15 is 0 Å². The van der Waals surface area contributed by atoms with Gasteiger partial charge in [0.2, 0.25) is 5.91 Å². The highest BCUT2D eigenvalue weighted by atomic mass is 16.5. The number of hydrogen-bond acceptors (Lipinski definition) is 6. The van der Waals surface area contributed by atoms with E-state index < -0.39 is 12.2 Å². The number of hydrogen-bond donors (Lipinski definition) is 4. The zero-order chi connectivity index (χ0) is 14.4.